The molecular weight excluding hydrogens is 194 g/mol. The van der Waals surface area contributed by atoms with E-state index in [1.165, 1.54) is 0 Å². The third-order valence-corrected chi connectivity index (χ3v) is 1.28. The quantitative estimate of drug-likeness (QED) is 0.235. The van der Waals surface area contributed by atoms with Crippen molar-refractivity contribution in [3.8, 4) is 5.75 Å². The first-order chi connectivity index (χ1) is 6.65. The second-order valence-corrected chi connectivity index (χ2v) is 2.22. The van der Waals surface area contributed by atoms with E-state index in [9.17, 15) is 13.6 Å². The summed E-state index contributed by atoms with van der Waals surface area (Å²) in [6.45, 7) is 0. The second-order valence-electron chi connectivity index (χ2n) is 2.22. The van der Waals surface area contributed by atoms with Crippen LogP contribution >= 0.6 is 0 Å². The summed E-state index contributed by atoms with van der Waals surface area (Å²) < 4.78 is 29.9. The molecule has 0 fully saturated rings. The van der Waals surface area contributed by atoms with Crippen LogP contribution in [0.1, 0.15) is 0 Å². The normalized spacial score (nSPS) is 9.00. The van der Waals surface area contributed by atoms with E-state index in [0.717, 1.165) is 18.2 Å². The Labute approximate surface area is 77.3 Å². The van der Waals surface area contributed by atoms with Gasteiger partial charge in [-0.25, -0.2) is 13.6 Å². The van der Waals surface area contributed by atoms with Crippen LogP contribution < -0.4 is 4.74 Å². The molecule has 14 heavy (non-hydrogen) atoms. The van der Waals surface area contributed by atoms with Crippen LogP contribution in [0.25, 0.3) is 5.53 Å². The fraction of sp³-hybridized carbons (Fsp3) is 0. The van der Waals surface area contributed by atoms with Crippen molar-refractivity contribution in [2.75, 3.05) is 0 Å². The number of rotatable bonds is 2. The molecule has 0 aliphatic carbocycles. The zero-order valence-electron chi connectivity index (χ0n) is 6.78. The second kappa shape index (κ2) is 4.25. The van der Waals surface area contributed by atoms with Gasteiger partial charge in [0.15, 0.2) is 11.6 Å². The minimum Gasteiger partial charge on any atom is -0.412 e. The van der Waals surface area contributed by atoms with Crippen molar-refractivity contribution in [1.82, 2.24) is 0 Å². The number of carbonyl (C=O) groups excluding carboxylic acids is 1. The van der Waals surface area contributed by atoms with Crippen LogP contribution in [0.5, 0.6) is 5.75 Å². The number of esters is 1. The van der Waals surface area contributed by atoms with Gasteiger partial charge in [0.2, 0.25) is 5.75 Å². The van der Waals surface area contributed by atoms with Gasteiger partial charge in [-0.15, -0.1) is 0 Å². The number of hydrogen-bond acceptors (Lipinski definition) is 2. The Morgan fingerprint density at radius 1 is 1.43 bits per heavy atom. The molecule has 1 aromatic carbocycles. The Bertz CT molecular complexity index is 394. The van der Waals surface area contributed by atoms with E-state index in [1.54, 1.807) is 0 Å². The highest BCUT2D eigenvalue weighted by Crippen LogP contribution is 2.20. The molecule has 0 aliphatic heterocycles. The third kappa shape index (κ3) is 2.21. The summed E-state index contributed by atoms with van der Waals surface area (Å²) in [6.07, 6.45) is 0.381. The van der Waals surface area contributed by atoms with Gasteiger partial charge >= 0.3 is 12.2 Å². The maximum Gasteiger partial charge on any atom is 0.419 e. The average molecular weight is 198 g/mol. The molecule has 0 bridgehead atoms. The summed E-state index contributed by atoms with van der Waals surface area (Å²) >= 11 is 0. The summed E-state index contributed by atoms with van der Waals surface area (Å²) in [5.41, 5.74) is 7.93. The Hall–Kier alpha value is -2.07. The fourth-order valence-electron chi connectivity index (χ4n) is 0.754. The molecule has 1 aromatic rings. The van der Waals surface area contributed by atoms with Crippen LogP contribution in [-0.2, 0) is 4.79 Å². The molecular formula is C8H4F2N2O2. The van der Waals surface area contributed by atoms with Crippen molar-refractivity contribution in [2.24, 2.45) is 0 Å². The highest BCUT2D eigenvalue weighted by atomic mass is 19.1. The van der Waals surface area contributed by atoms with E-state index in [-0.39, 0.29) is 0 Å². The maximum atomic E-state index is 12.8. The molecule has 0 aromatic heterocycles. The minimum absolute atomic E-state index is 0.381. The predicted octanol–water partition coefficient (Wildman–Crippen LogP) is 1.17. The standard InChI is InChI=1S/C8H4F2N2O2/c9-5-2-1-3-6(10)8(5)14-7(13)4-12-11/h1-4H. The van der Waals surface area contributed by atoms with E-state index < -0.39 is 23.4 Å². The predicted molar refractivity (Wildman–Crippen MR) is 41.7 cm³/mol. The lowest BCUT2D eigenvalue weighted by atomic mass is 10.3. The highest BCUT2D eigenvalue weighted by molar-refractivity contribution is 6.21. The average Bonchev–Trinajstić information content (AvgIpc) is 2.12. The lowest BCUT2D eigenvalue weighted by Crippen LogP contribution is -2.11. The number of carbonyl (C=O) groups is 1. The zero-order valence-corrected chi connectivity index (χ0v) is 6.78. The molecule has 1 rings (SSSR count). The molecule has 0 saturated heterocycles. The van der Waals surface area contributed by atoms with E-state index >= 15 is 0 Å². The van der Waals surface area contributed by atoms with Gasteiger partial charge in [0.25, 0.3) is 0 Å². The van der Waals surface area contributed by atoms with E-state index in [0.29, 0.717) is 6.21 Å². The molecule has 0 saturated carbocycles. The number of hydrogen-bond donors (Lipinski definition) is 0. The molecule has 0 atom stereocenters. The summed E-state index contributed by atoms with van der Waals surface area (Å²) in [7, 11) is 0. The monoisotopic (exact) mass is 198 g/mol. The number of benzene rings is 1. The number of para-hydroxylation sites is 1. The van der Waals surface area contributed by atoms with Crippen molar-refractivity contribution < 1.29 is 23.1 Å². The molecule has 0 heterocycles. The van der Waals surface area contributed by atoms with Crippen molar-refractivity contribution >= 4 is 12.2 Å². The van der Waals surface area contributed by atoms with Crippen molar-refractivity contribution in [3.05, 3.63) is 35.4 Å². The smallest absolute Gasteiger partial charge is 0.412 e. The molecule has 4 nitrogen and oxygen atoms in total. The topological polar surface area (TPSA) is 62.7 Å². The van der Waals surface area contributed by atoms with Gasteiger partial charge in [-0.2, -0.15) is 4.79 Å². The molecule has 0 N–H and O–H groups in total. The van der Waals surface area contributed by atoms with Gasteiger partial charge < -0.3 is 10.3 Å². The van der Waals surface area contributed by atoms with Gasteiger partial charge in [-0.3, -0.25) is 0 Å². The first kappa shape index (κ1) is 10.0. The van der Waals surface area contributed by atoms with Crippen LogP contribution in [0.15, 0.2) is 18.2 Å². The van der Waals surface area contributed by atoms with Crippen molar-refractivity contribution in [3.63, 3.8) is 0 Å². The lowest BCUT2D eigenvalue weighted by molar-refractivity contribution is -0.130. The van der Waals surface area contributed by atoms with E-state index in [4.69, 9.17) is 5.53 Å². The lowest BCUT2D eigenvalue weighted by Gasteiger charge is -2.01. The third-order valence-electron chi connectivity index (χ3n) is 1.28. The number of halogens is 2. The van der Waals surface area contributed by atoms with Crippen LogP contribution in [-0.4, -0.2) is 17.0 Å². The summed E-state index contributed by atoms with van der Waals surface area (Å²) in [4.78, 5) is 13.0. The zero-order chi connectivity index (χ0) is 10.6. The Balaban J connectivity index is 2.96. The molecule has 0 aliphatic rings. The molecule has 0 spiro atoms. The molecule has 0 unspecified atom stereocenters. The summed E-state index contributed by atoms with van der Waals surface area (Å²) in [5, 5.41) is 0. The minimum atomic E-state index is -1.17. The molecule has 0 amide bonds. The maximum absolute atomic E-state index is 12.8. The summed E-state index contributed by atoms with van der Waals surface area (Å²) in [5.74, 6) is -4.01. The van der Waals surface area contributed by atoms with Gasteiger partial charge in [-0.1, -0.05) is 6.07 Å². The first-order valence-corrected chi connectivity index (χ1v) is 3.48. The van der Waals surface area contributed by atoms with Gasteiger partial charge in [0.1, 0.15) is 0 Å². The van der Waals surface area contributed by atoms with Crippen LogP contribution in [0.3, 0.4) is 0 Å². The van der Waals surface area contributed by atoms with E-state index in [2.05, 4.69) is 9.53 Å². The van der Waals surface area contributed by atoms with Gasteiger partial charge in [-0.05, 0) is 12.1 Å². The van der Waals surface area contributed by atoms with Crippen LogP contribution in [0.2, 0.25) is 0 Å². The van der Waals surface area contributed by atoms with E-state index in [1.807, 2.05) is 0 Å². The highest BCUT2D eigenvalue weighted by Gasteiger charge is 2.14. The first-order valence-electron chi connectivity index (χ1n) is 3.48. The van der Waals surface area contributed by atoms with Gasteiger partial charge in [0.05, 0.1) is 0 Å². The number of ether oxygens (including phenoxy) is 1. The number of nitrogens with zero attached hydrogens (tertiary/aromatic N) is 2. The molecule has 0 radical (unpaired) electrons. The van der Waals surface area contributed by atoms with Crippen LogP contribution in [0, 0.1) is 11.6 Å². The Kier molecular flexibility index (Phi) is 3.04. The van der Waals surface area contributed by atoms with Gasteiger partial charge in [0, 0.05) is 0 Å². The Morgan fingerprint density at radius 2 is 2.00 bits per heavy atom. The molecule has 72 valence electrons. The van der Waals surface area contributed by atoms with Crippen molar-refractivity contribution in [1.29, 1.82) is 0 Å². The largest absolute Gasteiger partial charge is 0.419 e. The van der Waals surface area contributed by atoms with Crippen molar-refractivity contribution in [2.45, 2.75) is 0 Å². The SMILES string of the molecule is [N-]=[N+]=CC(=O)Oc1c(F)cccc1F. The van der Waals surface area contributed by atoms with Crippen LogP contribution in [0.4, 0.5) is 8.78 Å². The Morgan fingerprint density at radius 3 is 2.50 bits per heavy atom. The summed E-state index contributed by atoms with van der Waals surface area (Å²) in [6, 6.07) is 2.99. The molecule has 6 heteroatoms. The fourth-order valence-corrected chi connectivity index (χ4v) is 0.754.